The van der Waals surface area contributed by atoms with E-state index in [9.17, 15) is 18.8 Å². The van der Waals surface area contributed by atoms with Gasteiger partial charge in [-0.1, -0.05) is 18.2 Å². The zero-order valence-electron chi connectivity index (χ0n) is 15.7. The van der Waals surface area contributed by atoms with Crippen LogP contribution in [0.2, 0.25) is 0 Å². The van der Waals surface area contributed by atoms with Crippen LogP contribution >= 0.6 is 0 Å². The Morgan fingerprint density at radius 1 is 1.10 bits per heavy atom. The van der Waals surface area contributed by atoms with Crippen molar-refractivity contribution in [2.75, 3.05) is 5.32 Å². The Kier molecular flexibility index (Phi) is 5.17. The number of halogens is 1. The van der Waals surface area contributed by atoms with Crippen molar-refractivity contribution in [1.82, 2.24) is 10.3 Å². The Labute approximate surface area is 171 Å². The molecule has 0 fully saturated rings. The van der Waals surface area contributed by atoms with Gasteiger partial charge in [-0.2, -0.15) is 0 Å². The van der Waals surface area contributed by atoms with Crippen LogP contribution in [0.15, 0.2) is 72.6 Å². The van der Waals surface area contributed by atoms with Gasteiger partial charge in [-0.05, 0) is 53.6 Å². The molecule has 148 valence electrons. The van der Waals surface area contributed by atoms with Gasteiger partial charge in [-0.15, -0.1) is 0 Å². The van der Waals surface area contributed by atoms with Gasteiger partial charge in [-0.25, -0.2) is 4.39 Å². The van der Waals surface area contributed by atoms with Crippen LogP contribution in [0.4, 0.5) is 10.1 Å². The van der Waals surface area contributed by atoms with E-state index in [1.165, 1.54) is 42.5 Å². The number of pyridine rings is 1. The quantitative estimate of drug-likeness (QED) is 0.518. The number of nitrogens with one attached hydrogen (secondary N) is 2. The van der Waals surface area contributed by atoms with E-state index in [-0.39, 0.29) is 22.6 Å². The third kappa shape index (κ3) is 4.00. The van der Waals surface area contributed by atoms with E-state index in [1.807, 2.05) is 6.07 Å². The molecule has 0 aliphatic carbocycles. The lowest BCUT2D eigenvalue weighted by Gasteiger charge is -2.19. The number of hydrogen-bond donors (Lipinski definition) is 2. The van der Waals surface area contributed by atoms with Crippen molar-refractivity contribution in [1.29, 1.82) is 0 Å². The first-order valence-corrected chi connectivity index (χ1v) is 9.16. The smallest absolute Gasteiger partial charge is 0.259 e. The Morgan fingerprint density at radius 3 is 2.73 bits per heavy atom. The highest BCUT2D eigenvalue weighted by Gasteiger charge is 2.29. The van der Waals surface area contributed by atoms with Crippen LogP contribution in [-0.4, -0.2) is 22.6 Å². The third-order valence-electron chi connectivity index (χ3n) is 4.60. The SMILES string of the molecule is O=C1Nc2ccc(C(=O)NCc3cccnc3)cc2C(=O)C1=Cc1cccc(F)c1. The molecule has 0 spiro atoms. The summed E-state index contributed by atoms with van der Waals surface area (Å²) >= 11 is 0. The van der Waals surface area contributed by atoms with Crippen molar-refractivity contribution in [2.24, 2.45) is 0 Å². The summed E-state index contributed by atoms with van der Waals surface area (Å²) in [5.41, 5.74) is 1.92. The van der Waals surface area contributed by atoms with Gasteiger partial charge in [0.25, 0.3) is 11.8 Å². The van der Waals surface area contributed by atoms with Crippen LogP contribution in [0.5, 0.6) is 0 Å². The standard InChI is InChI=1S/C23H16FN3O3/c24-17-5-1-3-14(9-17)10-19-21(28)18-11-16(6-7-20(18)27-23(19)30)22(29)26-13-15-4-2-8-25-12-15/h1-12H,13H2,(H,26,29)(H,27,30). The fraction of sp³-hybridized carbons (Fsp3) is 0.0435. The lowest BCUT2D eigenvalue weighted by molar-refractivity contribution is -0.112. The number of rotatable bonds is 4. The first-order chi connectivity index (χ1) is 14.5. The fourth-order valence-electron chi connectivity index (χ4n) is 3.10. The molecule has 2 N–H and O–H groups in total. The molecule has 1 aliphatic rings. The summed E-state index contributed by atoms with van der Waals surface area (Å²) in [6.07, 6.45) is 4.62. The molecule has 0 saturated heterocycles. The summed E-state index contributed by atoms with van der Waals surface area (Å²) in [4.78, 5) is 41.8. The normalized spacial score (nSPS) is 14.2. The van der Waals surface area contributed by atoms with Crippen molar-refractivity contribution >= 4 is 29.4 Å². The minimum Gasteiger partial charge on any atom is -0.348 e. The Morgan fingerprint density at radius 2 is 1.97 bits per heavy atom. The van der Waals surface area contributed by atoms with Gasteiger partial charge < -0.3 is 10.6 Å². The molecule has 3 aromatic rings. The Bertz CT molecular complexity index is 1190. The van der Waals surface area contributed by atoms with E-state index in [4.69, 9.17) is 0 Å². The van der Waals surface area contributed by atoms with Crippen molar-refractivity contribution < 1.29 is 18.8 Å². The lowest BCUT2D eigenvalue weighted by Crippen LogP contribution is -2.28. The summed E-state index contributed by atoms with van der Waals surface area (Å²) in [6, 6.07) is 13.7. The van der Waals surface area contributed by atoms with Crippen LogP contribution in [0, 0.1) is 5.82 Å². The molecular formula is C23H16FN3O3. The second kappa shape index (κ2) is 8.08. The third-order valence-corrected chi connectivity index (χ3v) is 4.60. The summed E-state index contributed by atoms with van der Waals surface area (Å²) in [5, 5.41) is 5.41. The maximum atomic E-state index is 13.4. The number of aromatic nitrogens is 1. The summed E-state index contributed by atoms with van der Waals surface area (Å²) in [7, 11) is 0. The van der Waals surface area contributed by atoms with Crippen LogP contribution in [0.3, 0.4) is 0 Å². The van der Waals surface area contributed by atoms with Crippen LogP contribution in [0.25, 0.3) is 6.08 Å². The first-order valence-electron chi connectivity index (χ1n) is 9.16. The van der Waals surface area contributed by atoms with E-state index in [1.54, 1.807) is 24.5 Å². The molecule has 0 unspecified atom stereocenters. The number of hydrogen-bond acceptors (Lipinski definition) is 4. The van der Waals surface area contributed by atoms with Crippen molar-refractivity contribution in [3.8, 4) is 0 Å². The van der Waals surface area contributed by atoms with E-state index in [0.717, 1.165) is 5.56 Å². The Hall–Kier alpha value is -4.13. The predicted octanol–water partition coefficient (Wildman–Crippen LogP) is 3.37. The van der Waals surface area contributed by atoms with Gasteiger partial charge in [-0.3, -0.25) is 19.4 Å². The number of carbonyl (C=O) groups excluding carboxylic acids is 3. The average molecular weight is 401 g/mol. The highest BCUT2D eigenvalue weighted by atomic mass is 19.1. The molecule has 2 amide bonds. The topological polar surface area (TPSA) is 88.2 Å². The molecule has 0 atom stereocenters. The Balaban J connectivity index is 1.59. The van der Waals surface area contributed by atoms with Crippen molar-refractivity contribution in [3.05, 3.63) is 101 Å². The highest BCUT2D eigenvalue weighted by Crippen LogP contribution is 2.27. The second-order valence-electron chi connectivity index (χ2n) is 6.70. The maximum absolute atomic E-state index is 13.4. The maximum Gasteiger partial charge on any atom is 0.259 e. The number of ketones is 1. The largest absolute Gasteiger partial charge is 0.348 e. The van der Waals surface area contributed by atoms with E-state index in [2.05, 4.69) is 15.6 Å². The first kappa shape index (κ1) is 19.2. The summed E-state index contributed by atoms with van der Waals surface area (Å²) in [5.74, 6) is -1.94. The van der Waals surface area contributed by atoms with E-state index < -0.39 is 17.5 Å². The number of Topliss-reactive ketones (excluding diaryl/α,β-unsaturated/α-hetero) is 1. The molecular weight excluding hydrogens is 385 g/mol. The van der Waals surface area contributed by atoms with Crippen LogP contribution in [0.1, 0.15) is 31.8 Å². The second-order valence-corrected chi connectivity index (χ2v) is 6.70. The van der Waals surface area contributed by atoms with Gasteiger partial charge in [0, 0.05) is 30.1 Å². The number of nitrogens with zero attached hydrogens (tertiary/aromatic N) is 1. The lowest BCUT2D eigenvalue weighted by atomic mass is 9.93. The number of benzene rings is 2. The molecule has 30 heavy (non-hydrogen) atoms. The van der Waals surface area contributed by atoms with Crippen molar-refractivity contribution in [2.45, 2.75) is 6.54 Å². The molecule has 2 heterocycles. The zero-order chi connectivity index (χ0) is 21.1. The molecule has 1 aromatic heterocycles. The van der Waals surface area contributed by atoms with Gasteiger partial charge in [0.2, 0.25) is 5.78 Å². The molecule has 6 nitrogen and oxygen atoms in total. The highest BCUT2D eigenvalue weighted by molar-refractivity contribution is 6.36. The van der Waals surface area contributed by atoms with E-state index in [0.29, 0.717) is 17.8 Å². The molecule has 7 heteroatoms. The fourth-order valence-corrected chi connectivity index (χ4v) is 3.10. The van der Waals surface area contributed by atoms with Gasteiger partial charge in [0.15, 0.2) is 0 Å². The van der Waals surface area contributed by atoms with Gasteiger partial charge >= 0.3 is 0 Å². The van der Waals surface area contributed by atoms with Gasteiger partial charge in [0.05, 0.1) is 11.3 Å². The predicted molar refractivity (Wildman–Crippen MR) is 109 cm³/mol. The number of anilines is 1. The molecule has 0 bridgehead atoms. The van der Waals surface area contributed by atoms with Gasteiger partial charge in [0.1, 0.15) is 5.82 Å². The minimum absolute atomic E-state index is 0.124. The number of amides is 2. The van der Waals surface area contributed by atoms with E-state index >= 15 is 0 Å². The summed E-state index contributed by atoms with van der Waals surface area (Å²) < 4.78 is 13.4. The molecule has 2 aromatic carbocycles. The number of fused-ring (bicyclic) bond motifs is 1. The van der Waals surface area contributed by atoms with Crippen molar-refractivity contribution in [3.63, 3.8) is 0 Å². The monoisotopic (exact) mass is 401 g/mol. The zero-order valence-corrected chi connectivity index (χ0v) is 15.7. The number of carbonyl (C=O) groups is 3. The molecule has 1 aliphatic heterocycles. The molecule has 4 rings (SSSR count). The molecule has 0 saturated carbocycles. The molecule has 0 radical (unpaired) electrons. The summed E-state index contributed by atoms with van der Waals surface area (Å²) in [6.45, 7) is 0.291. The average Bonchev–Trinajstić information content (AvgIpc) is 2.75. The van der Waals surface area contributed by atoms with Crippen LogP contribution in [-0.2, 0) is 11.3 Å². The minimum atomic E-state index is -0.578. The van der Waals surface area contributed by atoms with Crippen LogP contribution < -0.4 is 10.6 Å².